The van der Waals surface area contributed by atoms with Crippen molar-refractivity contribution in [3.8, 4) is 0 Å². The van der Waals surface area contributed by atoms with Gasteiger partial charge in [0, 0.05) is 104 Å². The van der Waals surface area contributed by atoms with E-state index in [4.69, 9.17) is 13.3 Å². The molecule has 1 N–H and O–H groups in total. The van der Waals surface area contributed by atoms with Crippen molar-refractivity contribution in [2.24, 2.45) is 0 Å². The summed E-state index contributed by atoms with van der Waals surface area (Å²) in [6.45, 7) is 42.6. The molecule has 2 unspecified atom stereocenters. The summed E-state index contributed by atoms with van der Waals surface area (Å²) in [5.74, 6) is 0. The standard InChI is InChI=1S/C21H60O4Si8.C12H34Si4.20CH4/c1-14-29(7,8)21-33(24-3,25-4)18-28(23-2)15-26-16-30(9,10)19-31(11,12)20-32(13,22)17-27(5)6;1-8-16(7,9-2)11-13-10-15(5,6)12-14(3)4;;;;;;;;;;;;;;;;;;;;/h22,27-28H,14-21,26H2,1-13H3;14H,8-13H2,1-7H3;20*1H4. The Morgan fingerprint density at radius 1 is 0.391 bits per heavy atom. The van der Waals surface area contributed by atoms with Gasteiger partial charge in [0.1, 0.15) is 0 Å². The second kappa shape index (κ2) is 66.6. The van der Waals surface area contributed by atoms with Crippen LogP contribution in [0.25, 0.3) is 0 Å². The zero-order chi connectivity index (χ0) is 39.0. The summed E-state index contributed by atoms with van der Waals surface area (Å²) in [6.07, 6.45) is 0. The highest BCUT2D eigenvalue weighted by Gasteiger charge is 2.44. The molecule has 0 fully saturated rings. The molecule has 0 amide bonds. The zero-order valence-electron chi connectivity index (χ0n) is 37.5. The minimum Gasteiger partial charge on any atom is -0.433 e. The first-order chi connectivity index (χ1) is 22.1. The van der Waals surface area contributed by atoms with Crippen LogP contribution >= 0.6 is 0 Å². The van der Waals surface area contributed by atoms with E-state index in [1.54, 1.807) is 17.0 Å². The Bertz CT molecular complexity index is 874. The molecule has 0 aromatic rings. The van der Waals surface area contributed by atoms with Crippen molar-refractivity contribution in [2.75, 3.05) is 21.3 Å². The Balaban J connectivity index is -0.0000000275. The highest BCUT2D eigenvalue weighted by molar-refractivity contribution is 7.04. The Hall–Kier alpha value is 2.44. The predicted octanol–water partition coefficient (Wildman–Crippen LogP) is 21.7. The van der Waals surface area contributed by atoms with Crippen molar-refractivity contribution in [1.29, 1.82) is 0 Å². The predicted molar refractivity (Wildman–Crippen MR) is 398 cm³/mol. The number of rotatable bonds is 26. The van der Waals surface area contributed by atoms with Crippen LogP contribution < -0.4 is 0 Å². The minimum absolute atomic E-state index is 0. The SMILES string of the molecule is C.C.C.C.C.C.C.C.C.C.C.C.C.C.C.C.C.C.C.C.CC[Si](C)(C)C[Si](C[SiH](C[SiH2]C[Si](C)(C)C[Si](C)(C)C[Si](C)(O)C[SiH](C)C)OC)(OC)OC.CC[Si](C)(CC)C[SiH2]C[Si](C)(C)C[SiH](C)C. The third-order valence-electron chi connectivity index (χ3n) is 11.7. The van der Waals surface area contributed by atoms with Gasteiger partial charge in [-0.25, -0.2) is 0 Å². The maximum absolute atomic E-state index is 11.2. The van der Waals surface area contributed by atoms with Crippen LogP contribution in [-0.4, -0.2) is 129 Å². The molecule has 0 saturated heterocycles. The molecule has 458 valence electrons. The van der Waals surface area contributed by atoms with Crippen molar-refractivity contribution < 1.29 is 18.1 Å². The maximum Gasteiger partial charge on any atom is 0.334 e. The fraction of sp³-hybridized carbons (Fsp3) is 1.00. The van der Waals surface area contributed by atoms with E-state index in [0.717, 1.165) is 5.67 Å². The van der Waals surface area contributed by atoms with Crippen LogP contribution in [0, 0.1) is 0 Å². The monoisotopic (exact) mass is 1210 g/mol. The van der Waals surface area contributed by atoms with Crippen LogP contribution in [0.2, 0.25) is 166 Å². The van der Waals surface area contributed by atoms with E-state index in [9.17, 15) is 4.80 Å². The highest BCUT2D eigenvalue weighted by Crippen LogP contribution is 2.32. The quantitative estimate of drug-likeness (QED) is 0.0877. The van der Waals surface area contributed by atoms with Gasteiger partial charge >= 0.3 is 8.56 Å². The molecule has 0 radical (unpaired) electrons. The van der Waals surface area contributed by atoms with Crippen molar-refractivity contribution in [3.63, 3.8) is 0 Å². The smallest absolute Gasteiger partial charge is 0.334 e. The molecule has 0 heterocycles. The van der Waals surface area contributed by atoms with Crippen LogP contribution in [0.4, 0.5) is 0 Å². The molecule has 0 saturated carbocycles. The molecule has 0 aromatic heterocycles. The Labute approximate surface area is 474 Å². The van der Waals surface area contributed by atoms with Crippen molar-refractivity contribution in [1.82, 2.24) is 0 Å². The zero-order valence-corrected chi connectivity index (χ0v) is 50.8. The van der Waals surface area contributed by atoms with Gasteiger partial charge in [-0.15, -0.1) is 0 Å². The summed E-state index contributed by atoms with van der Waals surface area (Å²) >= 11 is 0. The maximum atomic E-state index is 11.2. The van der Waals surface area contributed by atoms with E-state index < -0.39 is 75.1 Å². The molecule has 16 heteroatoms. The normalized spacial score (nSPS) is 11.5. The highest BCUT2D eigenvalue weighted by atomic mass is 28.4. The lowest BCUT2D eigenvalue weighted by molar-refractivity contribution is 0.249. The van der Waals surface area contributed by atoms with E-state index >= 15 is 0 Å². The molecule has 0 aliphatic carbocycles. The van der Waals surface area contributed by atoms with Crippen LogP contribution in [0.5, 0.6) is 0 Å². The molecule has 0 bridgehead atoms. The van der Waals surface area contributed by atoms with E-state index in [1.165, 1.54) is 52.1 Å². The molecule has 69 heavy (non-hydrogen) atoms. The molecule has 0 spiro atoms. The third-order valence-corrected chi connectivity index (χ3v) is 82.6. The van der Waals surface area contributed by atoms with Gasteiger partial charge < -0.3 is 18.1 Å². The van der Waals surface area contributed by atoms with Crippen LogP contribution in [0.1, 0.15) is 169 Å². The minimum atomic E-state index is -2.14. The van der Waals surface area contributed by atoms with Gasteiger partial charge in [-0.2, -0.15) is 0 Å². The summed E-state index contributed by atoms with van der Waals surface area (Å²) < 4.78 is 18.5. The van der Waals surface area contributed by atoms with Gasteiger partial charge in [0.15, 0.2) is 17.4 Å². The van der Waals surface area contributed by atoms with E-state index in [-0.39, 0.29) is 176 Å². The number of hydrogen-bond acceptors (Lipinski definition) is 4. The summed E-state index contributed by atoms with van der Waals surface area (Å²) in [6, 6.07) is 4.34. The molecule has 0 aliphatic rings. The molecular formula is C53H174O4Si12. The van der Waals surface area contributed by atoms with Crippen molar-refractivity contribution in [2.45, 2.75) is 336 Å². The lowest BCUT2D eigenvalue weighted by Gasteiger charge is -2.37. The Kier molecular flexibility index (Phi) is 140. The topological polar surface area (TPSA) is 47.9 Å². The van der Waals surface area contributed by atoms with Gasteiger partial charge in [-0.1, -0.05) is 301 Å². The average molecular weight is 1210 g/mol. The first-order valence-electron chi connectivity index (χ1n) is 20.5. The molecule has 2 atom stereocenters. The Morgan fingerprint density at radius 2 is 0.739 bits per heavy atom. The molecular weight excluding hydrogens is 1040 g/mol. The molecule has 0 aromatic carbocycles. The first kappa shape index (κ1) is 145. The lowest BCUT2D eigenvalue weighted by atomic mass is 10.9. The first-order valence-corrected chi connectivity index (χ1v) is 54.7. The average Bonchev–Trinajstić information content (AvgIpc) is 2.93. The van der Waals surface area contributed by atoms with Crippen molar-refractivity contribution >= 4 is 103 Å². The summed E-state index contributed by atoms with van der Waals surface area (Å²) in [7, 11) is -5.79. The second-order valence-electron chi connectivity index (χ2n) is 20.9. The van der Waals surface area contributed by atoms with Gasteiger partial charge in [0.2, 0.25) is 0 Å². The van der Waals surface area contributed by atoms with Gasteiger partial charge in [-0.3, -0.25) is 0 Å². The summed E-state index contributed by atoms with van der Waals surface area (Å²) in [4.78, 5) is 11.2. The largest absolute Gasteiger partial charge is 0.433 e. The summed E-state index contributed by atoms with van der Waals surface area (Å²) in [5, 5.41) is 0. The molecule has 0 rings (SSSR count). The van der Waals surface area contributed by atoms with Crippen LogP contribution in [0.3, 0.4) is 0 Å². The van der Waals surface area contributed by atoms with Crippen LogP contribution in [0.15, 0.2) is 0 Å². The van der Waals surface area contributed by atoms with E-state index in [0.29, 0.717) is 0 Å². The Morgan fingerprint density at radius 3 is 1.03 bits per heavy atom. The lowest BCUT2D eigenvalue weighted by Crippen LogP contribution is -2.51. The fourth-order valence-electron chi connectivity index (χ4n) is 9.01. The van der Waals surface area contributed by atoms with Crippen LogP contribution in [-0.2, 0) is 13.3 Å². The molecule has 4 nitrogen and oxygen atoms in total. The van der Waals surface area contributed by atoms with Gasteiger partial charge in [0.05, 0.1) is 0 Å². The van der Waals surface area contributed by atoms with E-state index in [2.05, 4.69) is 112 Å². The third kappa shape index (κ3) is 72.5. The van der Waals surface area contributed by atoms with E-state index in [1.807, 2.05) is 21.3 Å². The fourth-order valence-corrected chi connectivity index (χ4v) is 91.5. The number of hydrogen-bond donors (Lipinski definition) is 1. The summed E-state index contributed by atoms with van der Waals surface area (Å²) in [5.41, 5.74) is 14.3. The second-order valence-corrected chi connectivity index (χ2v) is 75.7. The molecule has 0 aliphatic heterocycles. The van der Waals surface area contributed by atoms with Gasteiger partial charge in [-0.05, 0) is 29.2 Å². The van der Waals surface area contributed by atoms with Gasteiger partial charge in [0.25, 0.3) is 0 Å². The van der Waals surface area contributed by atoms with Crippen molar-refractivity contribution in [3.05, 3.63) is 0 Å².